The zero-order chi connectivity index (χ0) is 27.4. The zero-order valence-electron chi connectivity index (χ0n) is 21.3. The van der Waals surface area contributed by atoms with Crippen LogP contribution in [0.25, 0.3) is 22.0 Å². The molecule has 7 heteroatoms. The van der Waals surface area contributed by atoms with E-state index in [1.54, 1.807) is 29.8 Å². The average molecular weight is 539 g/mol. The van der Waals surface area contributed by atoms with Crippen LogP contribution in [0.15, 0.2) is 103 Å². The van der Waals surface area contributed by atoms with E-state index in [1.807, 2.05) is 84.9 Å². The van der Waals surface area contributed by atoms with Crippen LogP contribution < -0.4 is 10.1 Å². The van der Waals surface area contributed by atoms with Crippen molar-refractivity contribution in [3.8, 4) is 16.9 Å². The SMILES string of the molecule is Cn1c(C(=O)N[C@@H](Cc2ccc(OCc3ccccc3)cc2)C(=O)O)cc2ccc(-c3ccc(Cl)cc3)cc21. The molecule has 1 amide bonds. The van der Waals surface area contributed by atoms with Crippen molar-refractivity contribution in [2.24, 2.45) is 7.05 Å². The van der Waals surface area contributed by atoms with Gasteiger partial charge in [0.1, 0.15) is 24.1 Å². The summed E-state index contributed by atoms with van der Waals surface area (Å²) in [6.45, 7) is 0.445. The Morgan fingerprint density at radius 1 is 0.872 bits per heavy atom. The van der Waals surface area contributed by atoms with E-state index in [9.17, 15) is 14.7 Å². The maximum absolute atomic E-state index is 13.2. The Morgan fingerprint density at radius 3 is 2.26 bits per heavy atom. The topological polar surface area (TPSA) is 80.6 Å². The third-order valence-electron chi connectivity index (χ3n) is 6.67. The van der Waals surface area contributed by atoms with Crippen molar-refractivity contribution in [3.05, 3.63) is 125 Å². The highest BCUT2D eigenvalue weighted by Crippen LogP contribution is 2.27. The molecule has 1 atom stereocenters. The van der Waals surface area contributed by atoms with Gasteiger partial charge in [0, 0.05) is 29.4 Å². The highest BCUT2D eigenvalue weighted by atomic mass is 35.5. The number of benzene rings is 4. The van der Waals surface area contributed by atoms with Crippen LogP contribution >= 0.6 is 11.6 Å². The number of ether oxygens (including phenoxy) is 1. The number of carbonyl (C=O) groups is 2. The first-order chi connectivity index (χ1) is 18.9. The van der Waals surface area contributed by atoms with E-state index in [0.717, 1.165) is 33.2 Å². The number of carboxylic acid groups (broad SMARTS) is 1. The summed E-state index contributed by atoms with van der Waals surface area (Å²) in [5.74, 6) is -0.861. The molecule has 39 heavy (non-hydrogen) atoms. The predicted octanol–water partition coefficient (Wildman–Crippen LogP) is 6.50. The van der Waals surface area contributed by atoms with Gasteiger partial charge in [-0.05, 0) is 58.7 Å². The van der Waals surface area contributed by atoms with Crippen LogP contribution in [0.3, 0.4) is 0 Å². The average Bonchev–Trinajstić information content (AvgIpc) is 3.29. The molecular weight excluding hydrogens is 512 g/mol. The van der Waals surface area contributed by atoms with Gasteiger partial charge in [0.05, 0.1) is 0 Å². The molecule has 0 radical (unpaired) electrons. The summed E-state index contributed by atoms with van der Waals surface area (Å²) < 4.78 is 7.59. The maximum Gasteiger partial charge on any atom is 0.326 e. The largest absolute Gasteiger partial charge is 0.489 e. The van der Waals surface area contributed by atoms with E-state index in [4.69, 9.17) is 16.3 Å². The van der Waals surface area contributed by atoms with Crippen LogP contribution in [-0.4, -0.2) is 27.6 Å². The lowest BCUT2D eigenvalue weighted by molar-refractivity contribution is -0.139. The molecule has 0 fully saturated rings. The number of rotatable bonds is 9. The van der Waals surface area contributed by atoms with Gasteiger partial charge in [-0.2, -0.15) is 0 Å². The monoisotopic (exact) mass is 538 g/mol. The van der Waals surface area contributed by atoms with Crippen LogP contribution in [0, 0.1) is 0 Å². The molecule has 5 aromatic rings. The predicted molar refractivity (Wildman–Crippen MR) is 153 cm³/mol. The van der Waals surface area contributed by atoms with Crippen molar-refractivity contribution in [1.29, 1.82) is 0 Å². The van der Waals surface area contributed by atoms with Gasteiger partial charge >= 0.3 is 5.97 Å². The lowest BCUT2D eigenvalue weighted by atomic mass is 10.0. The van der Waals surface area contributed by atoms with E-state index < -0.39 is 17.9 Å². The molecule has 0 saturated carbocycles. The Bertz CT molecular complexity index is 1610. The maximum atomic E-state index is 13.2. The van der Waals surface area contributed by atoms with Gasteiger partial charge < -0.3 is 19.7 Å². The van der Waals surface area contributed by atoms with Crippen LogP contribution in [0.2, 0.25) is 5.02 Å². The van der Waals surface area contributed by atoms with E-state index in [0.29, 0.717) is 23.1 Å². The number of hydrogen-bond acceptors (Lipinski definition) is 3. The van der Waals surface area contributed by atoms with Crippen LogP contribution in [0.5, 0.6) is 5.75 Å². The molecule has 0 bridgehead atoms. The van der Waals surface area contributed by atoms with Crippen LogP contribution in [0.4, 0.5) is 0 Å². The van der Waals surface area contributed by atoms with Crippen molar-refractivity contribution in [3.63, 3.8) is 0 Å². The summed E-state index contributed by atoms with van der Waals surface area (Å²) in [6.07, 6.45) is 0.144. The van der Waals surface area contributed by atoms with Crippen molar-refractivity contribution in [1.82, 2.24) is 9.88 Å². The number of halogens is 1. The molecule has 0 spiro atoms. The first-order valence-electron chi connectivity index (χ1n) is 12.5. The second kappa shape index (κ2) is 11.5. The number of carbonyl (C=O) groups excluding carboxylic acids is 1. The number of hydrogen-bond donors (Lipinski definition) is 2. The second-order valence-electron chi connectivity index (χ2n) is 9.36. The van der Waals surface area contributed by atoms with Gasteiger partial charge in [0.25, 0.3) is 5.91 Å². The van der Waals surface area contributed by atoms with E-state index in [-0.39, 0.29) is 6.42 Å². The van der Waals surface area contributed by atoms with Gasteiger partial charge in [0.15, 0.2) is 0 Å². The summed E-state index contributed by atoms with van der Waals surface area (Å²) in [4.78, 5) is 25.2. The summed E-state index contributed by atoms with van der Waals surface area (Å²) in [7, 11) is 1.80. The summed E-state index contributed by atoms with van der Waals surface area (Å²) in [5.41, 5.74) is 5.09. The Labute approximate surface area is 231 Å². The molecule has 5 rings (SSSR count). The second-order valence-corrected chi connectivity index (χ2v) is 9.79. The molecule has 196 valence electrons. The lowest BCUT2D eigenvalue weighted by Crippen LogP contribution is -2.42. The first-order valence-corrected chi connectivity index (χ1v) is 12.9. The number of fused-ring (bicyclic) bond motifs is 1. The Morgan fingerprint density at radius 2 is 1.56 bits per heavy atom. The molecule has 2 N–H and O–H groups in total. The van der Waals surface area contributed by atoms with Gasteiger partial charge in [-0.3, -0.25) is 4.79 Å². The number of amides is 1. The van der Waals surface area contributed by atoms with Gasteiger partial charge in [-0.25, -0.2) is 4.79 Å². The number of nitrogens with one attached hydrogen (secondary N) is 1. The molecule has 6 nitrogen and oxygen atoms in total. The van der Waals surface area contributed by atoms with Crippen LogP contribution in [0.1, 0.15) is 21.6 Å². The number of aryl methyl sites for hydroxylation is 1. The highest BCUT2D eigenvalue weighted by molar-refractivity contribution is 6.30. The third-order valence-corrected chi connectivity index (χ3v) is 6.92. The number of aromatic nitrogens is 1. The number of nitrogens with zero attached hydrogens (tertiary/aromatic N) is 1. The van der Waals surface area contributed by atoms with E-state index >= 15 is 0 Å². The van der Waals surface area contributed by atoms with Gasteiger partial charge in [0.2, 0.25) is 0 Å². The number of aliphatic carboxylic acids is 1. The van der Waals surface area contributed by atoms with E-state index in [2.05, 4.69) is 5.32 Å². The molecule has 1 aromatic heterocycles. The minimum Gasteiger partial charge on any atom is -0.489 e. The molecule has 0 aliphatic heterocycles. The highest BCUT2D eigenvalue weighted by Gasteiger charge is 2.23. The van der Waals surface area contributed by atoms with Crippen molar-refractivity contribution < 1.29 is 19.4 Å². The van der Waals surface area contributed by atoms with Gasteiger partial charge in [-0.1, -0.05) is 78.3 Å². The summed E-state index contributed by atoms with van der Waals surface area (Å²) >= 11 is 6.02. The van der Waals surface area contributed by atoms with Gasteiger partial charge in [-0.15, -0.1) is 0 Å². The standard InChI is InChI=1S/C32H27ClN2O4/c1-35-29-18-24(23-11-13-26(33)14-12-23)9-10-25(29)19-30(35)31(36)34-28(32(37)38)17-21-7-15-27(16-8-21)39-20-22-5-3-2-4-6-22/h2-16,18-19,28H,17,20H2,1H3,(H,34,36)(H,37,38)/t28-/m0/s1. The Kier molecular flexibility index (Phi) is 7.66. The molecule has 0 unspecified atom stereocenters. The van der Waals surface area contributed by atoms with Crippen molar-refractivity contribution >= 4 is 34.4 Å². The third kappa shape index (κ3) is 6.13. The molecule has 4 aromatic carbocycles. The Hall–Kier alpha value is -4.55. The molecule has 0 aliphatic rings. The Balaban J connectivity index is 1.27. The smallest absolute Gasteiger partial charge is 0.326 e. The first kappa shape index (κ1) is 26.1. The fourth-order valence-electron chi connectivity index (χ4n) is 4.50. The quantitative estimate of drug-likeness (QED) is 0.224. The molecular formula is C32H27ClN2O4. The molecule has 0 saturated heterocycles. The molecule has 0 aliphatic carbocycles. The fourth-order valence-corrected chi connectivity index (χ4v) is 4.63. The number of carboxylic acids is 1. The summed E-state index contributed by atoms with van der Waals surface area (Å²) in [5, 5.41) is 14.1. The van der Waals surface area contributed by atoms with Crippen LogP contribution in [-0.2, 0) is 24.9 Å². The normalized spacial score (nSPS) is 11.7. The van der Waals surface area contributed by atoms with Crippen molar-refractivity contribution in [2.45, 2.75) is 19.1 Å². The van der Waals surface area contributed by atoms with Crippen molar-refractivity contribution in [2.75, 3.05) is 0 Å². The molecule has 1 heterocycles. The summed E-state index contributed by atoms with van der Waals surface area (Å²) in [6, 6.07) is 31.3. The van der Waals surface area contributed by atoms with E-state index in [1.165, 1.54) is 0 Å². The minimum absolute atomic E-state index is 0.144. The lowest BCUT2D eigenvalue weighted by Gasteiger charge is -2.15. The minimum atomic E-state index is -1.10. The zero-order valence-corrected chi connectivity index (χ0v) is 22.1. The fraction of sp³-hybridized carbons (Fsp3) is 0.125.